The molecule has 1 aliphatic carbocycles. The number of rotatable bonds is 2. The van der Waals surface area contributed by atoms with Gasteiger partial charge >= 0.3 is 0 Å². The van der Waals surface area contributed by atoms with Gasteiger partial charge in [-0.3, -0.25) is 4.90 Å². The maximum absolute atomic E-state index is 11.4. The van der Waals surface area contributed by atoms with Gasteiger partial charge in [-0.05, 0) is 37.0 Å². The number of fused-ring (bicyclic) bond motifs is 2. The first kappa shape index (κ1) is 13.6. The van der Waals surface area contributed by atoms with Crippen molar-refractivity contribution >= 4 is 12.0 Å². The summed E-state index contributed by atoms with van der Waals surface area (Å²) in [5, 5.41) is 3.73. The second-order valence-corrected chi connectivity index (χ2v) is 7.30. The van der Waals surface area contributed by atoms with Crippen LogP contribution in [0.2, 0.25) is 0 Å². The summed E-state index contributed by atoms with van der Waals surface area (Å²) in [6.07, 6.45) is 6.27. The van der Waals surface area contributed by atoms with Crippen LogP contribution in [0.25, 0.3) is 0 Å². The van der Waals surface area contributed by atoms with Crippen molar-refractivity contribution in [1.29, 1.82) is 0 Å². The number of benzene rings is 1. The van der Waals surface area contributed by atoms with Gasteiger partial charge in [0.25, 0.3) is 0 Å². The van der Waals surface area contributed by atoms with Gasteiger partial charge in [-0.15, -0.1) is 0 Å². The molecule has 2 fully saturated rings. The fourth-order valence-corrected chi connectivity index (χ4v) is 5.71. The van der Waals surface area contributed by atoms with Crippen LogP contribution >= 0.6 is 0 Å². The standard InChI is InChI=1S/C20H22N2O/c1-2-13-12-22-9-8-20-16-5-3-4-6-17(16)21-19(20)14(7-10-23)15(13)11-18(20)22/h2-6,10,15,18,21H,7-9,11-12H2,1H3/t15-,18-,20+/m0/s1. The van der Waals surface area contributed by atoms with Crippen molar-refractivity contribution < 1.29 is 4.79 Å². The predicted molar refractivity (Wildman–Crippen MR) is 91.3 cm³/mol. The van der Waals surface area contributed by atoms with Crippen LogP contribution in [0.5, 0.6) is 0 Å². The molecule has 3 nitrogen and oxygen atoms in total. The van der Waals surface area contributed by atoms with E-state index >= 15 is 0 Å². The second kappa shape index (κ2) is 4.57. The topological polar surface area (TPSA) is 32.3 Å². The summed E-state index contributed by atoms with van der Waals surface area (Å²) >= 11 is 0. The Morgan fingerprint density at radius 1 is 1.39 bits per heavy atom. The van der Waals surface area contributed by atoms with Crippen molar-refractivity contribution in [2.75, 3.05) is 18.4 Å². The van der Waals surface area contributed by atoms with Gasteiger partial charge in [0.1, 0.15) is 6.29 Å². The molecule has 0 radical (unpaired) electrons. The van der Waals surface area contributed by atoms with E-state index in [-0.39, 0.29) is 5.41 Å². The highest BCUT2D eigenvalue weighted by Crippen LogP contribution is 2.61. The van der Waals surface area contributed by atoms with E-state index < -0.39 is 0 Å². The number of allylic oxidation sites excluding steroid dienone is 2. The maximum atomic E-state index is 11.4. The third-order valence-electron chi connectivity index (χ3n) is 6.62. The number of nitrogens with one attached hydrogen (secondary N) is 1. The molecule has 4 aliphatic rings. The summed E-state index contributed by atoms with van der Waals surface area (Å²) in [5.74, 6) is 0.453. The monoisotopic (exact) mass is 306 g/mol. The zero-order valence-corrected chi connectivity index (χ0v) is 13.5. The lowest BCUT2D eigenvalue weighted by atomic mass is 9.61. The lowest BCUT2D eigenvalue weighted by Gasteiger charge is -2.49. The quantitative estimate of drug-likeness (QED) is 0.672. The first-order valence-electron chi connectivity index (χ1n) is 8.72. The Morgan fingerprint density at radius 2 is 2.26 bits per heavy atom. The van der Waals surface area contributed by atoms with Crippen molar-refractivity contribution in [3.05, 3.63) is 52.7 Å². The van der Waals surface area contributed by atoms with E-state index in [9.17, 15) is 4.79 Å². The zero-order chi connectivity index (χ0) is 15.6. The first-order chi connectivity index (χ1) is 11.3. The van der Waals surface area contributed by atoms with Gasteiger partial charge in [0, 0.05) is 42.9 Å². The smallest absolute Gasteiger partial charge is 0.124 e. The van der Waals surface area contributed by atoms with Crippen molar-refractivity contribution in [2.45, 2.75) is 37.6 Å². The normalized spacial score (nSPS) is 36.0. The minimum absolute atomic E-state index is 0.102. The van der Waals surface area contributed by atoms with Crippen LogP contribution in [0.3, 0.4) is 0 Å². The van der Waals surface area contributed by atoms with Crippen molar-refractivity contribution in [3.8, 4) is 0 Å². The van der Waals surface area contributed by atoms with E-state index in [4.69, 9.17) is 0 Å². The number of hydrogen-bond donors (Lipinski definition) is 1. The number of para-hydroxylation sites is 1. The summed E-state index contributed by atoms with van der Waals surface area (Å²) in [5.41, 5.74) is 7.01. The lowest BCUT2D eigenvalue weighted by molar-refractivity contribution is -0.107. The molecule has 23 heavy (non-hydrogen) atoms. The number of hydrogen-bond acceptors (Lipinski definition) is 3. The largest absolute Gasteiger partial charge is 0.358 e. The van der Waals surface area contributed by atoms with Crippen LogP contribution in [-0.2, 0) is 10.2 Å². The van der Waals surface area contributed by atoms with E-state index in [0.717, 1.165) is 19.4 Å². The van der Waals surface area contributed by atoms with Gasteiger partial charge in [-0.25, -0.2) is 0 Å². The SMILES string of the molecule is CC=C1CN2CC[C@]34C(=C(CC=O)[C@H]1C[C@H]23)Nc1ccccc14. The van der Waals surface area contributed by atoms with Gasteiger partial charge in [0.2, 0.25) is 0 Å². The minimum atomic E-state index is 0.102. The summed E-state index contributed by atoms with van der Waals surface area (Å²) in [4.78, 5) is 14.1. The number of nitrogens with zero attached hydrogens (tertiary/aromatic N) is 1. The average molecular weight is 306 g/mol. The molecule has 1 spiro atoms. The van der Waals surface area contributed by atoms with E-state index in [2.05, 4.69) is 47.5 Å². The molecule has 5 rings (SSSR count). The molecular weight excluding hydrogens is 284 g/mol. The number of anilines is 1. The summed E-state index contributed by atoms with van der Waals surface area (Å²) in [7, 11) is 0. The molecule has 3 aliphatic heterocycles. The first-order valence-corrected chi connectivity index (χ1v) is 8.72. The summed E-state index contributed by atoms with van der Waals surface area (Å²) in [6, 6.07) is 9.33. The molecule has 1 aromatic rings. The second-order valence-electron chi connectivity index (χ2n) is 7.30. The Hall–Kier alpha value is -1.87. The van der Waals surface area contributed by atoms with Crippen molar-refractivity contribution in [2.24, 2.45) is 5.92 Å². The fraction of sp³-hybridized carbons (Fsp3) is 0.450. The molecule has 1 N–H and O–H groups in total. The van der Waals surface area contributed by atoms with Crippen LogP contribution in [0.4, 0.5) is 5.69 Å². The van der Waals surface area contributed by atoms with E-state index in [1.54, 1.807) is 0 Å². The fourth-order valence-electron chi connectivity index (χ4n) is 5.71. The summed E-state index contributed by atoms with van der Waals surface area (Å²) in [6.45, 7) is 4.38. The van der Waals surface area contributed by atoms with Gasteiger partial charge in [-0.1, -0.05) is 29.8 Å². The van der Waals surface area contributed by atoms with E-state index in [0.29, 0.717) is 18.4 Å². The minimum Gasteiger partial charge on any atom is -0.358 e. The van der Waals surface area contributed by atoms with Gasteiger partial charge in [-0.2, -0.15) is 0 Å². The van der Waals surface area contributed by atoms with Gasteiger partial charge < -0.3 is 10.1 Å². The molecule has 0 saturated carbocycles. The molecule has 2 bridgehead atoms. The highest BCUT2D eigenvalue weighted by atomic mass is 16.1. The number of aldehydes is 1. The number of carbonyl (C=O) groups is 1. The zero-order valence-electron chi connectivity index (χ0n) is 13.5. The van der Waals surface area contributed by atoms with Crippen LogP contribution in [0.15, 0.2) is 47.2 Å². The Labute approximate surface area is 137 Å². The molecular formula is C20H22N2O. The van der Waals surface area contributed by atoms with Crippen LogP contribution in [0.1, 0.15) is 31.7 Å². The predicted octanol–water partition coefficient (Wildman–Crippen LogP) is 3.25. The molecule has 0 unspecified atom stereocenters. The third-order valence-corrected chi connectivity index (χ3v) is 6.62. The van der Waals surface area contributed by atoms with Crippen LogP contribution in [0, 0.1) is 5.92 Å². The third kappa shape index (κ3) is 1.51. The average Bonchev–Trinajstić information content (AvgIpc) is 3.13. The number of carbonyl (C=O) groups excluding carboxylic acids is 1. The highest BCUT2D eigenvalue weighted by Gasteiger charge is 2.60. The molecule has 3 heteroatoms. The lowest BCUT2D eigenvalue weighted by Crippen LogP contribution is -2.52. The maximum Gasteiger partial charge on any atom is 0.124 e. The summed E-state index contributed by atoms with van der Waals surface area (Å²) < 4.78 is 0. The van der Waals surface area contributed by atoms with Gasteiger partial charge in [0.15, 0.2) is 0 Å². The van der Waals surface area contributed by atoms with Crippen LogP contribution < -0.4 is 5.32 Å². The van der Waals surface area contributed by atoms with Crippen molar-refractivity contribution in [1.82, 2.24) is 4.90 Å². The van der Waals surface area contributed by atoms with Crippen molar-refractivity contribution in [3.63, 3.8) is 0 Å². The van der Waals surface area contributed by atoms with E-state index in [1.165, 1.54) is 40.9 Å². The molecule has 3 atom stereocenters. The molecule has 0 amide bonds. The Bertz CT molecular complexity index is 763. The molecule has 118 valence electrons. The Balaban J connectivity index is 1.80. The molecule has 3 heterocycles. The molecule has 1 aromatic carbocycles. The highest BCUT2D eigenvalue weighted by molar-refractivity contribution is 5.74. The van der Waals surface area contributed by atoms with E-state index in [1.807, 2.05) is 0 Å². The van der Waals surface area contributed by atoms with Crippen LogP contribution in [-0.4, -0.2) is 30.3 Å². The molecule has 2 saturated heterocycles. The Kier molecular flexibility index (Phi) is 2.70. The Morgan fingerprint density at radius 3 is 3.09 bits per heavy atom. The molecule has 0 aromatic heterocycles. The van der Waals surface area contributed by atoms with Gasteiger partial charge in [0.05, 0.1) is 5.41 Å². The number of piperidine rings is 1.